The highest BCUT2D eigenvalue weighted by atomic mass is 16.7. The third-order valence-electron chi connectivity index (χ3n) is 18.0. The van der Waals surface area contributed by atoms with Crippen molar-refractivity contribution in [3.8, 4) is 5.75 Å². The summed E-state index contributed by atoms with van der Waals surface area (Å²) in [5, 5.41) is 61.4. The van der Waals surface area contributed by atoms with Crippen LogP contribution in [0.4, 0.5) is 4.79 Å². The van der Waals surface area contributed by atoms with Crippen molar-refractivity contribution in [1.82, 2.24) is 35.6 Å². The molecule has 528 valence electrons. The Bertz CT molecular complexity index is 3050. The zero-order chi connectivity index (χ0) is 70.0. The molecule has 1 aromatic heterocycles. The molecule has 3 aliphatic rings. The number of likely N-dealkylation sites (tertiary alicyclic amines) is 1. The highest BCUT2D eigenvalue weighted by Crippen LogP contribution is 2.36. The molecule has 2 aromatic carbocycles. The van der Waals surface area contributed by atoms with Crippen LogP contribution >= 0.6 is 0 Å². The van der Waals surface area contributed by atoms with E-state index in [1.807, 2.05) is 32.0 Å². The molecule has 8 N–H and O–H groups in total. The summed E-state index contributed by atoms with van der Waals surface area (Å²) in [5.74, 6) is -4.57. The molecule has 3 aliphatic heterocycles. The summed E-state index contributed by atoms with van der Waals surface area (Å²) in [4.78, 5) is 114. The van der Waals surface area contributed by atoms with Crippen LogP contribution < -0.4 is 20.7 Å². The van der Waals surface area contributed by atoms with Crippen molar-refractivity contribution >= 4 is 58.4 Å². The molecule has 6 rings (SSSR count). The van der Waals surface area contributed by atoms with E-state index in [1.165, 1.54) is 56.5 Å². The molecule has 2 saturated heterocycles. The number of likely N-dealkylation sites (N-methyl/N-ethyl adjacent to an activating group) is 2. The monoisotopic (exact) mass is 1340 g/mol. The van der Waals surface area contributed by atoms with Crippen LogP contribution in [0.3, 0.4) is 0 Å². The van der Waals surface area contributed by atoms with Gasteiger partial charge in [0.1, 0.15) is 60.2 Å². The van der Waals surface area contributed by atoms with Gasteiger partial charge in [-0.25, -0.2) is 4.79 Å². The summed E-state index contributed by atoms with van der Waals surface area (Å²) in [6, 6.07) is 9.49. The second-order valence-corrected chi connectivity index (χ2v) is 25.2. The first-order valence-electron chi connectivity index (χ1n) is 32.5. The molecule has 4 heterocycles. The molecule has 15 atom stereocenters. The van der Waals surface area contributed by atoms with Crippen molar-refractivity contribution in [2.75, 3.05) is 74.4 Å². The summed E-state index contributed by atoms with van der Waals surface area (Å²) >= 11 is 0. The van der Waals surface area contributed by atoms with Gasteiger partial charge in [0, 0.05) is 59.0 Å². The topological polar surface area (TPSA) is 365 Å². The lowest BCUT2D eigenvalue weighted by Gasteiger charge is -2.41. The first kappa shape index (κ1) is 76.9. The van der Waals surface area contributed by atoms with Crippen molar-refractivity contribution in [3.05, 3.63) is 77.6 Å². The molecule has 0 radical (unpaired) electrons. The van der Waals surface area contributed by atoms with Gasteiger partial charge in [0.05, 0.1) is 100 Å². The van der Waals surface area contributed by atoms with Crippen LogP contribution in [0.25, 0.3) is 11.0 Å². The maximum atomic E-state index is 14.9. The number of hydrogen-bond acceptors (Lipinski definition) is 21. The van der Waals surface area contributed by atoms with Crippen LogP contribution in [0, 0.1) is 23.7 Å². The van der Waals surface area contributed by atoms with Gasteiger partial charge in [0.2, 0.25) is 35.8 Å². The van der Waals surface area contributed by atoms with E-state index < -0.39 is 146 Å². The number of ether oxygens (including phenoxy) is 7. The van der Waals surface area contributed by atoms with E-state index in [2.05, 4.69) is 16.0 Å². The van der Waals surface area contributed by atoms with Gasteiger partial charge in [0.15, 0.2) is 0 Å². The number of aliphatic hydroxyl groups is 5. The largest absolute Gasteiger partial charge is 0.461 e. The molecule has 8 amide bonds. The first-order valence-corrected chi connectivity index (χ1v) is 32.5. The van der Waals surface area contributed by atoms with E-state index >= 15 is 0 Å². The second kappa shape index (κ2) is 36.3. The molecule has 0 bridgehead atoms. The van der Waals surface area contributed by atoms with Gasteiger partial charge in [-0.05, 0) is 61.3 Å². The van der Waals surface area contributed by atoms with Crippen LogP contribution in [-0.4, -0.2) is 240 Å². The number of nitrogens with zero attached hydrogens (tertiary/aromatic N) is 4. The molecule has 28 heteroatoms. The fourth-order valence-corrected chi connectivity index (χ4v) is 12.3. The standard InChI is InChI=1S/C67H99N7O21/c1-13-39(6)56(48(88-11)33-53(79)73-26-17-20-46(73)61(89-12)40(7)63(84)69-41(8)57(80)42-18-15-14-16-19-42)71(9)65(86)54(37(2)3)70-64(85)55(38(4)5)72(10)67(87)92-36-43-21-22-47(94-66-60(83)59(82)58(81)49(35-75)95-66)45-32-44(93-62(43)45)34-68-50(76)25-28-90-30-31-91-29-27-74-51(77)23-24-52(74)78/h14-16,18-19,21-24,32,37-41,46,48-49,54-61,66,75,80-83H,13,17,20,25-31,33-36H2,1-12H3,(H,68,76)(H,69,84)(H,70,85)/t39?,40-,41-,46+,48-,49-,54+,55+,56+,57-,58+,59+,60-,61-,66-/m1/s1. The quantitative estimate of drug-likeness (QED) is 0.0306. The Labute approximate surface area is 554 Å². The number of amides is 8. The summed E-state index contributed by atoms with van der Waals surface area (Å²) < 4.78 is 46.7. The minimum absolute atomic E-state index is 0.0312. The highest BCUT2D eigenvalue weighted by molar-refractivity contribution is 6.12. The number of carbonyl (C=O) groups is 8. The lowest BCUT2D eigenvalue weighted by atomic mass is 9.89. The van der Waals surface area contributed by atoms with Gasteiger partial charge in [-0.15, -0.1) is 0 Å². The first-order chi connectivity index (χ1) is 45.2. The Kier molecular flexibility index (Phi) is 29.4. The number of carbonyl (C=O) groups excluding carboxylic acids is 8. The number of aliphatic hydroxyl groups excluding tert-OH is 5. The lowest BCUT2D eigenvalue weighted by molar-refractivity contribution is -0.277. The molecule has 2 fully saturated rings. The summed E-state index contributed by atoms with van der Waals surface area (Å²) in [5.41, 5.74) is 1.06. The molecular formula is C67H99N7O21. The number of methoxy groups -OCH3 is 2. The number of furan rings is 1. The summed E-state index contributed by atoms with van der Waals surface area (Å²) in [6.07, 6.45) is -7.36. The molecule has 0 spiro atoms. The number of imide groups is 1. The normalized spacial score (nSPS) is 21.8. The Morgan fingerprint density at radius 1 is 0.800 bits per heavy atom. The lowest BCUT2D eigenvalue weighted by Crippen LogP contribution is -2.60. The van der Waals surface area contributed by atoms with E-state index in [1.54, 1.807) is 65.6 Å². The average Bonchev–Trinajstić information content (AvgIpc) is 1.74. The Balaban J connectivity index is 1.10. The van der Waals surface area contributed by atoms with E-state index in [4.69, 9.17) is 37.6 Å². The summed E-state index contributed by atoms with van der Waals surface area (Å²) in [7, 11) is 6.00. The van der Waals surface area contributed by atoms with Crippen molar-refractivity contribution < 1.29 is 101 Å². The van der Waals surface area contributed by atoms with Gasteiger partial charge in [-0.2, -0.15) is 0 Å². The Hall–Kier alpha value is -7.12. The fraction of sp³-hybridized carbons (Fsp3) is 0.642. The average molecular weight is 1340 g/mol. The van der Waals surface area contributed by atoms with Gasteiger partial charge >= 0.3 is 6.09 Å². The summed E-state index contributed by atoms with van der Waals surface area (Å²) in [6.45, 7) is 14.0. The van der Waals surface area contributed by atoms with Crippen LogP contribution in [0.5, 0.6) is 5.75 Å². The van der Waals surface area contributed by atoms with Crippen LogP contribution in [-0.2, 0) is 75.1 Å². The number of fused-ring (bicyclic) bond motifs is 1. The van der Waals surface area contributed by atoms with Crippen molar-refractivity contribution in [2.45, 2.75) is 180 Å². The molecule has 28 nitrogen and oxygen atoms in total. The molecule has 0 saturated carbocycles. The van der Waals surface area contributed by atoms with Gasteiger partial charge in [-0.1, -0.05) is 85.2 Å². The molecular weight excluding hydrogens is 1240 g/mol. The van der Waals surface area contributed by atoms with Gasteiger partial charge < -0.3 is 88.9 Å². The van der Waals surface area contributed by atoms with Crippen molar-refractivity contribution in [1.29, 1.82) is 0 Å². The number of hydrogen-bond donors (Lipinski definition) is 8. The fourth-order valence-electron chi connectivity index (χ4n) is 12.3. The Morgan fingerprint density at radius 3 is 2.09 bits per heavy atom. The predicted octanol–water partition coefficient (Wildman–Crippen LogP) is 2.47. The number of benzene rings is 2. The third-order valence-corrected chi connectivity index (χ3v) is 18.0. The third kappa shape index (κ3) is 19.8. The van der Waals surface area contributed by atoms with E-state index in [9.17, 15) is 63.9 Å². The number of nitrogens with one attached hydrogen (secondary N) is 3. The van der Waals surface area contributed by atoms with Gasteiger partial charge in [0.25, 0.3) is 11.8 Å². The molecule has 0 aliphatic carbocycles. The minimum Gasteiger partial charge on any atom is -0.461 e. The molecule has 95 heavy (non-hydrogen) atoms. The SMILES string of the molecule is CCC(C)[C@@H]([C@@H](CC(=O)N1CCC[C@H]1[C@H](OC)[C@@H](C)C(=O)N[C@H](C)[C@@H](O)c1ccccc1)OC)N(C)C(=O)[C@@H](NC(=O)[C@H](C(C)C)N(C)C(=O)OCc1ccc(O[C@@H]2O[C@H](CO)[C@H](O)[C@H](O)[C@H]2O)c2cc(CNC(=O)CCOCCOCCN3C(=O)C=CC3=O)oc12)C(C)C. The van der Waals surface area contributed by atoms with Crippen LogP contribution in [0.2, 0.25) is 0 Å². The van der Waals surface area contributed by atoms with E-state index in [0.29, 0.717) is 31.4 Å². The zero-order valence-corrected chi connectivity index (χ0v) is 56.5. The Morgan fingerprint density at radius 2 is 1.47 bits per heavy atom. The highest BCUT2D eigenvalue weighted by Gasteiger charge is 2.46. The minimum atomic E-state index is -1.77. The smallest absolute Gasteiger partial charge is 0.410 e. The van der Waals surface area contributed by atoms with Crippen molar-refractivity contribution in [2.24, 2.45) is 23.7 Å². The second-order valence-electron chi connectivity index (χ2n) is 25.2. The maximum Gasteiger partial charge on any atom is 0.410 e. The zero-order valence-electron chi connectivity index (χ0n) is 56.5. The van der Waals surface area contributed by atoms with Crippen molar-refractivity contribution in [3.63, 3.8) is 0 Å². The van der Waals surface area contributed by atoms with E-state index in [0.717, 1.165) is 9.80 Å². The van der Waals surface area contributed by atoms with E-state index in [-0.39, 0.29) is 98.1 Å². The van der Waals surface area contributed by atoms with Crippen LogP contribution in [0.15, 0.2) is 65.1 Å². The predicted molar refractivity (Wildman–Crippen MR) is 343 cm³/mol. The van der Waals surface area contributed by atoms with Crippen LogP contribution in [0.1, 0.15) is 110 Å². The van der Waals surface area contributed by atoms with Gasteiger partial charge in [-0.3, -0.25) is 43.4 Å². The number of rotatable bonds is 36. The maximum absolute atomic E-state index is 14.9. The molecule has 1 unspecified atom stereocenters. The molecule has 3 aromatic rings.